The van der Waals surface area contributed by atoms with E-state index < -0.39 is 0 Å². The van der Waals surface area contributed by atoms with Crippen molar-refractivity contribution in [3.63, 3.8) is 0 Å². The number of nitrogens with zero attached hydrogens (tertiary/aromatic N) is 1. The molecule has 0 aromatic heterocycles. The predicted molar refractivity (Wildman–Crippen MR) is 76.7 cm³/mol. The Morgan fingerprint density at radius 3 is 1.79 bits per heavy atom. The van der Waals surface area contributed by atoms with Crippen LogP contribution >= 0.6 is 0 Å². The highest BCUT2D eigenvalue weighted by Gasteiger charge is 1.98. The van der Waals surface area contributed by atoms with E-state index in [1.165, 1.54) is 0 Å². The maximum atomic E-state index is 5.50. The summed E-state index contributed by atoms with van der Waals surface area (Å²) in [6.45, 7) is 11.7. The molecule has 5 nitrogen and oxygen atoms in total. The van der Waals surface area contributed by atoms with Gasteiger partial charge in [0.15, 0.2) is 0 Å². The molecule has 0 radical (unpaired) electrons. The largest absolute Gasteiger partial charge is 0.382 e. The number of rotatable bonds is 15. The molecule has 0 aromatic rings. The van der Waals surface area contributed by atoms with E-state index in [1.807, 2.05) is 13.8 Å². The van der Waals surface area contributed by atoms with Crippen molar-refractivity contribution in [2.24, 2.45) is 0 Å². The lowest BCUT2D eigenvalue weighted by Crippen LogP contribution is -2.25. The maximum absolute atomic E-state index is 5.50. The molecule has 0 unspecified atom stereocenters. The van der Waals surface area contributed by atoms with Crippen molar-refractivity contribution in [3.8, 4) is 0 Å². The molecule has 19 heavy (non-hydrogen) atoms. The third-order valence-corrected chi connectivity index (χ3v) is 2.60. The molecule has 0 rings (SSSR count). The highest BCUT2D eigenvalue weighted by atomic mass is 16.5. The highest BCUT2D eigenvalue weighted by molar-refractivity contribution is 4.50. The van der Waals surface area contributed by atoms with Crippen molar-refractivity contribution in [2.45, 2.75) is 20.3 Å². The fourth-order valence-corrected chi connectivity index (χ4v) is 1.50. The van der Waals surface area contributed by atoms with Crippen molar-refractivity contribution in [2.75, 3.05) is 73.0 Å². The lowest BCUT2D eigenvalue weighted by molar-refractivity contribution is 0.0134. The Morgan fingerprint density at radius 1 is 0.632 bits per heavy atom. The van der Waals surface area contributed by atoms with E-state index in [9.17, 15) is 0 Å². The summed E-state index contributed by atoms with van der Waals surface area (Å²) in [5.41, 5.74) is 0. The predicted octanol–water partition coefficient (Wildman–Crippen LogP) is 1.41. The molecule has 0 aliphatic rings. The van der Waals surface area contributed by atoms with Crippen LogP contribution in [0.1, 0.15) is 20.3 Å². The summed E-state index contributed by atoms with van der Waals surface area (Å²) in [6.07, 6.45) is 1.07. The summed E-state index contributed by atoms with van der Waals surface area (Å²) in [4.78, 5) is 2.26. The molecule has 116 valence electrons. The Bertz CT molecular complexity index is 170. The molecular formula is C14H31NO4. The van der Waals surface area contributed by atoms with Crippen LogP contribution in [0.4, 0.5) is 0 Å². The minimum atomic E-state index is 0.640. The number of ether oxygens (including phenoxy) is 4. The fraction of sp³-hybridized carbons (Fsp3) is 1.00. The van der Waals surface area contributed by atoms with Gasteiger partial charge in [-0.1, -0.05) is 0 Å². The van der Waals surface area contributed by atoms with Crippen molar-refractivity contribution < 1.29 is 18.9 Å². The minimum absolute atomic E-state index is 0.640. The number of hydrogen-bond acceptors (Lipinski definition) is 5. The average Bonchev–Trinajstić information content (AvgIpc) is 2.42. The van der Waals surface area contributed by atoms with Crippen LogP contribution in [0.3, 0.4) is 0 Å². The van der Waals surface area contributed by atoms with Gasteiger partial charge in [0.1, 0.15) is 0 Å². The average molecular weight is 277 g/mol. The van der Waals surface area contributed by atoms with Crippen LogP contribution in [0.2, 0.25) is 0 Å². The molecule has 0 bridgehead atoms. The van der Waals surface area contributed by atoms with Crippen LogP contribution in [0.25, 0.3) is 0 Å². The molecule has 0 saturated heterocycles. The van der Waals surface area contributed by atoms with Gasteiger partial charge < -0.3 is 23.8 Å². The molecular weight excluding hydrogens is 246 g/mol. The van der Waals surface area contributed by atoms with Gasteiger partial charge in [-0.15, -0.1) is 0 Å². The van der Waals surface area contributed by atoms with Gasteiger partial charge >= 0.3 is 0 Å². The second-order valence-corrected chi connectivity index (χ2v) is 4.28. The summed E-state index contributed by atoms with van der Waals surface area (Å²) < 4.78 is 21.3. The molecule has 0 heterocycles. The molecule has 0 atom stereocenters. The van der Waals surface area contributed by atoms with Crippen LogP contribution in [0.5, 0.6) is 0 Å². The Labute approximate surface area is 118 Å². The summed E-state index contributed by atoms with van der Waals surface area (Å²) in [5.74, 6) is 0. The van der Waals surface area contributed by atoms with Crippen LogP contribution in [-0.2, 0) is 18.9 Å². The molecule has 5 heteroatoms. The van der Waals surface area contributed by atoms with Crippen molar-refractivity contribution >= 4 is 0 Å². The molecule has 0 saturated carbocycles. The van der Waals surface area contributed by atoms with Gasteiger partial charge in [0.05, 0.1) is 33.0 Å². The zero-order valence-corrected chi connectivity index (χ0v) is 12.9. The first-order chi connectivity index (χ1) is 9.31. The van der Waals surface area contributed by atoms with Crippen LogP contribution in [-0.4, -0.2) is 77.9 Å². The maximum Gasteiger partial charge on any atom is 0.0701 e. The molecule has 0 N–H and O–H groups in total. The summed E-state index contributed by atoms with van der Waals surface area (Å²) >= 11 is 0. The number of likely N-dealkylation sites (N-methyl/N-ethyl adjacent to an activating group) is 1. The summed E-state index contributed by atoms with van der Waals surface area (Å²) in [7, 11) is 2.11. The van der Waals surface area contributed by atoms with E-state index in [0.717, 1.165) is 45.9 Å². The van der Waals surface area contributed by atoms with Crippen molar-refractivity contribution in [3.05, 3.63) is 0 Å². The van der Waals surface area contributed by atoms with Gasteiger partial charge in [-0.05, 0) is 27.3 Å². The third-order valence-electron chi connectivity index (χ3n) is 2.60. The normalized spacial score (nSPS) is 11.4. The first-order valence-corrected chi connectivity index (χ1v) is 7.30. The smallest absolute Gasteiger partial charge is 0.0701 e. The molecule has 0 aromatic carbocycles. The quantitative estimate of drug-likeness (QED) is 0.423. The van der Waals surface area contributed by atoms with E-state index in [4.69, 9.17) is 18.9 Å². The highest BCUT2D eigenvalue weighted by Crippen LogP contribution is 1.89. The lowest BCUT2D eigenvalue weighted by atomic mass is 10.4. The Hall–Kier alpha value is -0.200. The van der Waals surface area contributed by atoms with Gasteiger partial charge in [-0.2, -0.15) is 0 Å². The molecule has 0 aliphatic carbocycles. The van der Waals surface area contributed by atoms with Crippen LogP contribution in [0, 0.1) is 0 Å². The second kappa shape index (κ2) is 15.9. The summed E-state index contributed by atoms with van der Waals surface area (Å²) in [6, 6.07) is 0. The zero-order chi connectivity index (χ0) is 14.2. The van der Waals surface area contributed by atoms with Gasteiger partial charge in [0.25, 0.3) is 0 Å². The molecule has 0 amide bonds. The van der Waals surface area contributed by atoms with E-state index in [-0.39, 0.29) is 0 Å². The van der Waals surface area contributed by atoms with E-state index >= 15 is 0 Å². The SMILES string of the molecule is CCOCCCN(C)CCOCCOCCOCC. The van der Waals surface area contributed by atoms with Crippen molar-refractivity contribution in [1.29, 1.82) is 0 Å². The first-order valence-electron chi connectivity index (χ1n) is 7.30. The van der Waals surface area contributed by atoms with Gasteiger partial charge in [-0.3, -0.25) is 0 Å². The van der Waals surface area contributed by atoms with Crippen molar-refractivity contribution in [1.82, 2.24) is 4.90 Å². The molecule has 0 spiro atoms. The minimum Gasteiger partial charge on any atom is -0.382 e. The number of hydrogen-bond donors (Lipinski definition) is 0. The standard InChI is InChI=1S/C14H31NO4/c1-4-16-9-6-7-15(3)8-10-18-13-14-19-12-11-17-5-2/h4-14H2,1-3H3. The third kappa shape index (κ3) is 15.7. The fourth-order valence-electron chi connectivity index (χ4n) is 1.50. The van der Waals surface area contributed by atoms with E-state index in [0.29, 0.717) is 26.4 Å². The Balaban J connectivity index is 3.07. The zero-order valence-electron chi connectivity index (χ0n) is 12.9. The first kappa shape index (κ1) is 18.8. The van der Waals surface area contributed by atoms with Gasteiger partial charge in [0, 0.05) is 32.9 Å². The summed E-state index contributed by atoms with van der Waals surface area (Å²) in [5, 5.41) is 0. The van der Waals surface area contributed by atoms with Gasteiger partial charge in [0.2, 0.25) is 0 Å². The lowest BCUT2D eigenvalue weighted by Gasteiger charge is -2.16. The van der Waals surface area contributed by atoms with E-state index in [2.05, 4.69) is 11.9 Å². The van der Waals surface area contributed by atoms with Crippen LogP contribution in [0.15, 0.2) is 0 Å². The van der Waals surface area contributed by atoms with E-state index in [1.54, 1.807) is 0 Å². The Kier molecular flexibility index (Phi) is 15.7. The van der Waals surface area contributed by atoms with Gasteiger partial charge in [-0.25, -0.2) is 0 Å². The molecule has 0 aliphatic heterocycles. The van der Waals surface area contributed by atoms with Crippen LogP contribution < -0.4 is 0 Å². The monoisotopic (exact) mass is 277 g/mol. The Morgan fingerprint density at radius 2 is 1.16 bits per heavy atom. The molecule has 0 fully saturated rings. The topological polar surface area (TPSA) is 40.2 Å². The second-order valence-electron chi connectivity index (χ2n) is 4.28.